The van der Waals surface area contributed by atoms with E-state index >= 15 is 0 Å². The molecule has 90 valence electrons. The Hall–Kier alpha value is -0.840. The van der Waals surface area contributed by atoms with Gasteiger partial charge in [-0.25, -0.2) is 4.98 Å². The lowest BCUT2D eigenvalue weighted by molar-refractivity contribution is 0.465. The Balaban J connectivity index is 2.08. The molecule has 1 saturated heterocycles. The van der Waals surface area contributed by atoms with Crippen LogP contribution in [0.4, 0.5) is 5.95 Å². The lowest BCUT2D eigenvalue weighted by Gasteiger charge is -2.25. The van der Waals surface area contributed by atoms with E-state index in [-0.39, 0.29) is 0 Å². The molecule has 1 fully saturated rings. The molecule has 16 heavy (non-hydrogen) atoms. The van der Waals surface area contributed by atoms with Crippen molar-refractivity contribution in [3.8, 4) is 0 Å². The Kier molecular flexibility index (Phi) is 3.63. The van der Waals surface area contributed by atoms with Crippen LogP contribution < -0.4 is 5.32 Å². The summed E-state index contributed by atoms with van der Waals surface area (Å²) in [6, 6.07) is 0.848. The molecular formula is C11H19N3OS. The van der Waals surface area contributed by atoms with Crippen LogP contribution >= 0.6 is 0 Å². The molecule has 0 aromatic carbocycles. The van der Waals surface area contributed by atoms with E-state index in [1.165, 1.54) is 0 Å². The Morgan fingerprint density at radius 2 is 2.19 bits per heavy atom. The monoisotopic (exact) mass is 241 g/mol. The minimum atomic E-state index is -0.594. The van der Waals surface area contributed by atoms with E-state index in [1.54, 1.807) is 0 Å². The maximum atomic E-state index is 11.3. The molecule has 0 saturated carbocycles. The number of aromatic nitrogens is 2. The topological polar surface area (TPSA) is 46.9 Å². The summed E-state index contributed by atoms with van der Waals surface area (Å²) in [5, 5.41) is 3.34. The molecule has 0 unspecified atom stereocenters. The van der Waals surface area contributed by atoms with Gasteiger partial charge in [0.1, 0.15) is 0 Å². The maximum Gasteiger partial charge on any atom is 0.203 e. The number of anilines is 1. The third-order valence-electron chi connectivity index (χ3n) is 2.84. The summed E-state index contributed by atoms with van der Waals surface area (Å²) in [6.45, 7) is 4.21. The average Bonchev–Trinajstić information content (AvgIpc) is 2.66. The van der Waals surface area contributed by atoms with Gasteiger partial charge in [-0.1, -0.05) is 0 Å². The predicted octanol–water partition coefficient (Wildman–Crippen LogP) is 1.79. The van der Waals surface area contributed by atoms with E-state index in [1.807, 2.05) is 12.4 Å². The molecule has 5 heteroatoms. The summed E-state index contributed by atoms with van der Waals surface area (Å²) in [5.41, 5.74) is 0. The fourth-order valence-corrected chi connectivity index (χ4v) is 3.31. The molecule has 1 aliphatic heterocycles. The Bertz CT molecular complexity index is 365. The van der Waals surface area contributed by atoms with Crippen LogP contribution in [0.15, 0.2) is 12.4 Å². The van der Waals surface area contributed by atoms with E-state index < -0.39 is 10.8 Å². The van der Waals surface area contributed by atoms with Gasteiger partial charge in [0.2, 0.25) is 5.95 Å². The first kappa shape index (κ1) is 11.6. The summed E-state index contributed by atoms with van der Waals surface area (Å²) in [4.78, 5) is 4.33. The summed E-state index contributed by atoms with van der Waals surface area (Å²) in [6.07, 6.45) is 5.84. The van der Waals surface area contributed by atoms with Gasteiger partial charge < -0.3 is 9.88 Å². The number of hydrogen-bond acceptors (Lipinski definition) is 3. The van der Waals surface area contributed by atoms with Gasteiger partial charge in [-0.2, -0.15) is 0 Å². The van der Waals surface area contributed by atoms with Gasteiger partial charge in [0, 0.05) is 46.8 Å². The number of hydrogen-bond donors (Lipinski definition) is 1. The summed E-state index contributed by atoms with van der Waals surface area (Å²) >= 11 is 0. The van der Waals surface area contributed by atoms with Crippen LogP contribution in [-0.4, -0.2) is 31.3 Å². The Morgan fingerprint density at radius 3 is 2.81 bits per heavy atom. The first-order valence-corrected chi connectivity index (χ1v) is 7.30. The van der Waals surface area contributed by atoms with Crippen molar-refractivity contribution in [2.24, 2.45) is 0 Å². The van der Waals surface area contributed by atoms with Gasteiger partial charge in [-0.05, 0) is 26.7 Å². The number of nitrogens with zero attached hydrogens (tertiary/aromatic N) is 2. The van der Waals surface area contributed by atoms with Crippen molar-refractivity contribution in [2.45, 2.75) is 38.8 Å². The van der Waals surface area contributed by atoms with Crippen LogP contribution in [0.5, 0.6) is 0 Å². The molecule has 0 atom stereocenters. The molecule has 2 heterocycles. The lowest BCUT2D eigenvalue weighted by atomic mass is 10.1. The maximum absolute atomic E-state index is 11.3. The third-order valence-corrected chi connectivity index (χ3v) is 4.22. The second kappa shape index (κ2) is 4.99. The van der Waals surface area contributed by atoms with E-state index in [2.05, 4.69) is 28.7 Å². The first-order chi connectivity index (χ1) is 7.66. The van der Waals surface area contributed by atoms with Crippen molar-refractivity contribution >= 4 is 16.7 Å². The number of nitrogens with one attached hydrogen (secondary N) is 1. The summed E-state index contributed by atoms with van der Waals surface area (Å²) in [5.74, 6) is 2.58. The fourth-order valence-electron chi connectivity index (χ4n) is 2.04. The highest BCUT2D eigenvalue weighted by molar-refractivity contribution is 7.85. The molecule has 4 nitrogen and oxygen atoms in total. The number of imidazole rings is 1. The van der Waals surface area contributed by atoms with Crippen molar-refractivity contribution in [1.29, 1.82) is 0 Å². The molecule has 1 aromatic heterocycles. The molecule has 0 spiro atoms. The summed E-state index contributed by atoms with van der Waals surface area (Å²) < 4.78 is 13.5. The van der Waals surface area contributed by atoms with Gasteiger partial charge in [0.25, 0.3) is 0 Å². The summed E-state index contributed by atoms with van der Waals surface area (Å²) in [7, 11) is -0.594. The third kappa shape index (κ3) is 2.64. The normalized spacial score (nSPS) is 25.9. The molecule has 2 rings (SSSR count). The van der Waals surface area contributed by atoms with Crippen LogP contribution in [0.1, 0.15) is 32.7 Å². The highest BCUT2D eigenvalue weighted by Crippen LogP contribution is 2.25. The van der Waals surface area contributed by atoms with Crippen molar-refractivity contribution in [3.63, 3.8) is 0 Å². The van der Waals surface area contributed by atoms with Crippen LogP contribution in [-0.2, 0) is 10.8 Å². The zero-order valence-corrected chi connectivity index (χ0v) is 10.7. The van der Waals surface area contributed by atoms with Crippen LogP contribution in [0.3, 0.4) is 0 Å². The minimum absolute atomic E-state index is 0.388. The molecular weight excluding hydrogens is 222 g/mol. The van der Waals surface area contributed by atoms with E-state index in [4.69, 9.17) is 0 Å². The molecule has 1 aliphatic rings. The van der Waals surface area contributed by atoms with E-state index in [0.717, 1.165) is 30.3 Å². The van der Waals surface area contributed by atoms with Gasteiger partial charge in [-0.3, -0.25) is 4.21 Å². The number of rotatable bonds is 3. The van der Waals surface area contributed by atoms with Crippen molar-refractivity contribution in [3.05, 3.63) is 12.4 Å². The Labute approximate surface area is 98.9 Å². The Morgan fingerprint density at radius 1 is 1.50 bits per heavy atom. The zero-order chi connectivity index (χ0) is 11.5. The van der Waals surface area contributed by atoms with Crippen molar-refractivity contribution in [1.82, 2.24) is 9.55 Å². The molecule has 0 amide bonds. The lowest BCUT2D eigenvalue weighted by Crippen LogP contribution is -2.23. The van der Waals surface area contributed by atoms with Crippen molar-refractivity contribution in [2.75, 3.05) is 16.8 Å². The van der Waals surface area contributed by atoms with Gasteiger partial charge in [0.05, 0.1) is 0 Å². The molecule has 0 radical (unpaired) electrons. The van der Waals surface area contributed by atoms with Gasteiger partial charge in [-0.15, -0.1) is 0 Å². The van der Waals surface area contributed by atoms with Crippen molar-refractivity contribution < 1.29 is 4.21 Å². The predicted molar refractivity (Wildman–Crippen MR) is 67.1 cm³/mol. The zero-order valence-electron chi connectivity index (χ0n) is 9.85. The smallest absolute Gasteiger partial charge is 0.203 e. The molecule has 1 aromatic rings. The van der Waals surface area contributed by atoms with Gasteiger partial charge in [0.15, 0.2) is 0 Å². The molecule has 1 N–H and O–H groups in total. The second-order valence-electron chi connectivity index (χ2n) is 4.54. The highest BCUT2D eigenvalue weighted by atomic mass is 32.2. The standard InChI is InChI=1S/C11H19N3OS/c1-9(2)13-11-12-5-6-14(11)10-3-7-16(15)8-4-10/h5-6,9-10H,3-4,7-8H2,1-2H3,(H,12,13). The molecule has 0 bridgehead atoms. The van der Waals surface area contributed by atoms with E-state index in [0.29, 0.717) is 12.1 Å². The molecule has 0 aliphatic carbocycles. The van der Waals surface area contributed by atoms with Crippen LogP contribution in [0.2, 0.25) is 0 Å². The minimum Gasteiger partial charge on any atom is -0.353 e. The first-order valence-electron chi connectivity index (χ1n) is 5.81. The van der Waals surface area contributed by atoms with E-state index in [9.17, 15) is 4.21 Å². The second-order valence-corrected chi connectivity index (χ2v) is 6.23. The van der Waals surface area contributed by atoms with Crippen LogP contribution in [0.25, 0.3) is 0 Å². The SMILES string of the molecule is CC(C)Nc1nccn1C1CCS(=O)CC1. The largest absolute Gasteiger partial charge is 0.353 e. The average molecular weight is 241 g/mol. The van der Waals surface area contributed by atoms with Crippen LogP contribution in [0, 0.1) is 0 Å². The van der Waals surface area contributed by atoms with Gasteiger partial charge >= 0.3 is 0 Å². The highest BCUT2D eigenvalue weighted by Gasteiger charge is 2.21. The fraction of sp³-hybridized carbons (Fsp3) is 0.727. The quantitative estimate of drug-likeness (QED) is 0.877.